The zero-order chi connectivity index (χ0) is 8.84. The predicted molar refractivity (Wildman–Crippen MR) is 50.6 cm³/mol. The van der Waals surface area contributed by atoms with Crippen molar-refractivity contribution in [2.75, 3.05) is 0 Å². The van der Waals surface area contributed by atoms with E-state index in [1.54, 1.807) is 0 Å². The molecule has 0 bridgehead atoms. The molecule has 0 saturated carbocycles. The number of para-hydroxylation sites is 1. The first kappa shape index (κ1) is 6.71. The third-order valence-corrected chi connectivity index (χ3v) is 2.29. The van der Waals surface area contributed by atoms with Gasteiger partial charge in [0.2, 0.25) is 0 Å². The summed E-state index contributed by atoms with van der Waals surface area (Å²) in [6.45, 7) is 1.93. The molecule has 0 aliphatic carbocycles. The molecule has 0 atom stereocenters. The highest BCUT2D eigenvalue weighted by Gasteiger charge is 2.09. The van der Waals surface area contributed by atoms with Gasteiger partial charge in [-0.3, -0.25) is 0 Å². The Morgan fingerprint density at radius 2 is 2.15 bits per heavy atom. The summed E-state index contributed by atoms with van der Waals surface area (Å²) in [6.07, 6.45) is 0. The second kappa shape index (κ2) is 2.13. The fourth-order valence-corrected chi connectivity index (χ4v) is 1.63. The van der Waals surface area contributed by atoms with Gasteiger partial charge in [-0.25, -0.2) is 0 Å². The van der Waals surface area contributed by atoms with Crippen LogP contribution in [-0.4, -0.2) is 10.1 Å². The van der Waals surface area contributed by atoms with Crippen LogP contribution in [0.5, 0.6) is 0 Å². The molecule has 0 unspecified atom stereocenters. The average Bonchev–Trinajstić information content (AvgIpc) is 2.67. The van der Waals surface area contributed by atoms with Gasteiger partial charge in [-0.05, 0) is 19.1 Å². The lowest BCUT2D eigenvalue weighted by Crippen LogP contribution is -1.70. The standard InChI is InChI=1S/C10H8N2O/c1-6-9-10(13-12-6)7-4-2-3-5-8(7)11-9/h2-5,11H,1H3. The molecule has 2 aromatic heterocycles. The van der Waals surface area contributed by atoms with E-state index in [-0.39, 0.29) is 0 Å². The molecule has 0 radical (unpaired) electrons. The number of hydrogen-bond acceptors (Lipinski definition) is 2. The van der Waals surface area contributed by atoms with Crippen LogP contribution >= 0.6 is 0 Å². The van der Waals surface area contributed by atoms with E-state index in [0.29, 0.717) is 0 Å². The topological polar surface area (TPSA) is 41.8 Å². The fourth-order valence-electron chi connectivity index (χ4n) is 1.63. The van der Waals surface area contributed by atoms with Crippen molar-refractivity contribution in [1.29, 1.82) is 0 Å². The normalized spacial score (nSPS) is 11.5. The van der Waals surface area contributed by atoms with Crippen molar-refractivity contribution >= 4 is 22.0 Å². The molecule has 0 fully saturated rings. The van der Waals surface area contributed by atoms with Crippen molar-refractivity contribution < 1.29 is 4.52 Å². The molecule has 64 valence electrons. The first-order valence-corrected chi connectivity index (χ1v) is 4.19. The Bertz CT molecular complexity index is 577. The zero-order valence-electron chi connectivity index (χ0n) is 7.16. The lowest BCUT2D eigenvalue weighted by molar-refractivity contribution is 0.452. The molecule has 3 nitrogen and oxygen atoms in total. The fraction of sp³-hybridized carbons (Fsp3) is 0.100. The highest BCUT2D eigenvalue weighted by atomic mass is 16.5. The molecule has 13 heavy (non-hydrogen) atoms. The maximum absolute atomic E-state index is 5.22. The first-order chi connectivity index (χ1) is 6.36. The van der Waals surface area contributed by atoms with Gasteiger partial charge in [-0.15, -0.1) is 0 Å². The summed E-state index contributed by atoms with van der Waals surface area (Å²) in [6, 6.07) is 8.05. The van der Waals surface area contributed by atoms with E-state index in [0.717, 1.165) is 27.7 Å². The summed E-state index contributed by atoms with van der Waals surface area (Å²) >= 11 is 0. The number of nitrogens with one attached hydrogen (secondary N) is 1. The second-order valence-corrected chi connectivity index (χ2v) is 3.14. The van der Waals surface area contributed by atoms with Crippen LogP contribution in [0.1, 0.15) is 5.69 Å². The van der Waals surface area contributed by atoms with Crippen molar-refractivity contribution in [2.24, 2.45) is 0 Å². The van der Waals surface area contributed by atoms with E-state index in [9.17, 15) is 0 Å². The summed E-state index contributed by atoms with van der Waals surface area (Å²) < 4.78 is 5.22. The van der Waals surface area contributed by atoms with E-state index in [1.807, 2.05) is 31.2 Å². The summed E-state index contributed by atoms with van der Waals surface area (Å²) in [5.74, 6) is 0. The molecular formula is C10H8N2O. The van der Waals surface area contributed by atoms with Crippen LogP contribution in [-0.2, 0) is 0 Å². The third-order valence-electron chi connectivity index (χ3n) is 2.29. The van der Waals surface area contributed by atoms with Gasteiger partial charge in [0.15, 0.2) is 5.58 Å². The maximum Gasteiger partial charge on any atom is 0.192 e. The summed E-state index contributed by atoms with van der Waals surface area (Å²) in [5, 5.41) is 5.00. The number of aryl methyl sites for hydroxylation is 1. The average molecular weight is 172 g/mol. The molecule has 3 aromatic rings. The minimum atomic E-state index is 0.855. The molecule has 1 N–H and O–H groups in total. The summed E-state index contributed by atoms with van der Waals surface area (Å²) in [4.78, 5) is 3.27. The zero-order valence-corrected chi connectivity index (χ0v) is 7.16. The Morgan fingerprint density at radius 3 is 3.08 bits per heavy atom. The lowest BCUT2D eigenvalue weighted by atomic mass is 10.2. The number of nitrogens with zero attached hydrogens (tertiary/aromatic N) is 1. The minimum absolute atomic E-state index is 0.855. The van der Waals surface area contributed by atoms with E-state index in [2.05, 4.69) is 10.1 Å². The first-order valence-electron chi connectivity index (χ1n) is 4.19. The predicted octanol–water partition coefficient (Wildman–Crippen LogP) is 2.62. The van der Waals surface area contributed by atoms with Gasteiger partial charge in [0, 0.05) is 10.9 Å². The minimum Gasteiger partial charge on any atom is -0.354 e. The monoisotopic (exact) mass is 172 g/mol. The molecule has 3 heteroatoms. The number of aromatic amines is 1. The van der Waals surface area contributed by atoms with E-state index in [1.165, 1.54) is 0 Å². The van der Waals surface area contributed by atoms with Crippen molar-refractivity contribution in [3.63, 3.8) is 0 Å². The number of rotatable bonds is 0. The Morgan fingerprint density at radius 1 is 1.31 bits per heavy atom. The Kier molecular flexibility index (Phi) is 1.10. The highest BCUT2D eigenvalue weighted by molar-refractivity contribution is 6.04. The molecule has 0 amide bonds. The Hall–Kier alpha value is -1.77. The Balaban J connectivity index is 2.64. The molecule has 0 aliphatic heterocycles. The van der Waals surface area contributed by atoms with Crippen LogP contribution in [0.3, 0.4) is 0 Å². The smallest absolute Gasteiger partial charge is 0.192 e. The second-order valence-electron chi connectivity index (χ2n) is 3.14. The third kappa shape index (κ3) is 0.758. The van der Waals surface area contributed by atoms with Crippen molar-refractivity contribution in [1.82, 2.24) is 10.1 Å². The van der Waals surface area contributed by atoms with Crippen molar-refractivity contribution in [3.05, 3.63) is 30.0 Å². The van der Waals surface area contributed by atoms with Crippen LogP contribution in [0, 0.1) is 6.92 Å². The molecule has 2 heterocycles. The summed E-state index contributed by atoms with van der Waals surface area (Å²) in [7, 11) is 0. The van der Waals surface area contributed by atoms with E-state index >= 15 is 0 Å². The largest absolute Gasteiger partial charge is 0.354 e. The molecule has 0 spiro atoms. The van der Waals surface area contributed by atoms with Gasteiger partial charge in [-0.2, -0.15) is 0 Å². The van der Waals surface area contributed by atoms with Gasteiger partial charge < -0.3 is 9.51 Å². The molecule has 0 saturated heterocycles. The molecular weight excluding hydrogens is 164 g/mol. The van der Waals surface area contributed by atoms with Gasteiger partial charge in [0.05, 0.1) is 0 Å². The SMILES string of the molecule is Cc1noc2c1[nH]c1ccccc12. The van der Waals surface area contributed by atoms with Gasteiger partial charge in [0.25, 0.3) is 0 Å². The van der Waals surface area contributed by atoms with Gasteiger partial charge in [0.1, 0.15) is 11.2 Å². The van der Waals surface area contributed by atoms with Crippen LogP contribution in [0.25, 0.3) is 22.0 Å². The van der Waals surface area contributed by atoms with Crippen LogP contribution in [0.2, 0.25) is 0 Å². The van der Waals surface area contributed by atoms with Crippen LogP contribution < -0.4 is 0 Å². The van der Waals surface area contributed by atoms with Crippen molar-refractivity contribution in [3.8, 4) is 0 Å². The van der Waals surface area contributed by atoms with Crippen molar-refractivity contribution in [2.45, 2.75) is 6.92 Å². The van der Waals surface area contributed by atoms with Gasteiger partial charge in [-0.1, -0.05) is 17.3 Å². The number of benzene rings is 1. The molecule has 0 aliphatic rings. The summed E-state index contributed by atoms with van der Waals surface area (Å²) in [5.41, 5.74) is 3.86. The quantitative estimate of drug-likeness (QED) is 0.566. The molecule has 3 rings (SSSR count). The van der Waals surface area contributed by atoms with Crippen LogP contribution in [0.15, 0.2) is 28.8 Å². The Labute approximate surface area is 74.3 Å². The van der Waals surface area contributed by atoms with Gasteiger partial charge >= 0.3 is 0 Å². The number of aromatic nitrogens is 2. The number of hydrogen-bond donors (Lipinski definition) is 1. The molecule has 1 aromatic carbocycles. The van der Waals surface area contributed by atoms with E-state index < -0.39 is 0 Å². The van der Waals surface area contributed by atoms with Crippen LogP contribution in [0.4, 0.5) is 0 Å². The highest BCUT2D eigenvalue weighted by Crippen LogP contribution is 2.26. The maximum atomic E-state index is 5.22. The number of H-pyrrole nitrogens is 1. The van der Waals surface area contributed by atoms with E-state index in [4.69, 9.17) is 4.52 Å². The number of fused-ring (bicyclic) bond motifs is 3. The lowest BCUT2D eigenvalue weighted by Gasteiger charge is -1.85.